The summed E-state index contributed by atoms with van der Waals surface area (Å²) in [6, 6.07) is 0. The molecule has 1 aliphatic rings. The molecular formula is C13H15FN4OS. The first kappa shape index (κ1) is 13.4. The molecule has 0 saturated heterocycles. The van der Waals surface area contributed by atoms with Gasteiger partial charge in [-0.3, -0.25) is 4.79 Å². The van der Waals surface area contributed by atoms with Gasteiger partial charge in [-0.25, -0.2) is 9.97 Å². The number of hydrogen-bond acceptors (Lipinski definition) is 4. The quantitative estimate of drug-likeness (QED) is 0.691. The number of H-pyrrole nitrogens is 1. The van der Waals surface area contributed by atoms with Crippen LogP contribution in [0.25, 0.3) is 0 Å². The molecular weight excluding hydrogens is 279 g/mol. The molecule has 0 aliphatic heterocycles. The number of thioether (sulfide) groups is 1. The molecule has 0 atom stereocenters. The van der Waals surface area contributed by atoms with E-state index in [-0.39, 0.29) is 5.56 Å². The van der Waals surface area contributed by atoms with Crippen LogP contribution in [0.3, 0.4) is 0 Å². The summed E-state index contributed by atoms with van der Waals surface area (Å²) in [5, 5.41) is 0.555. The van der Waals surface area contributed by atoms with Crippen LogP contribution in [-0.2, 0) is 25.1 Å². The average Bonchev–Trinajstić information content (AvgIpc) is 3.03. The first-order chi connectivity index (χ1) is 9.69. The van der Waals surface area contributed by atoms with Crippen molar-refractivity contribution in [1.82, 2.24) is 19.5 Å². The predicted octanol–water partition coefficient (Wildman–Crippen LogP) is 1.91. The number of hydrogen-bond donors (Lipinski definition) is 1. The summed E-state index contributed by atoms with van der Waals surface area (Å²) >= 11 is 1.33. The zero-order valence-corrected chi connectivity index (χ0v) is 12.0. The zero-order chi connectivity index (χ0) is 14.1. The Balaban J connectivity index is 1.81. The zero-order valence-electron chi connectivity index (χ0n) is 11.1. The lowest BCUT2D eigenvalue weighted by molar-refractivity contribution is 0.573. The lowest BCUT2D eigenvalue weighted by Gasteiger charge is -2.06. The maximum Gasteiger partial charge on any atom is 0.254 e. The van der Waals surface area contributed by atoms with Crippen LogP contribution in [0.5, 0.6) is 0 Å². The van der Waals surface area contributed by atoms with Gasteiger partial charge in [-0.1, -0.05) is 11.8 Å². The van der Waals surface area contributed by atoms with Crippen LogP contribution in [0.15, 0.2) is 16.3 Å². The Labute approximate surface area is 119 Å². The maximum atomic E-state index is 13.6. The molecule has 1 aliphatic carbocycles. The second-order valence-corrected chi connectivity index (χ2v) is 5.67. The number of aryl methyl sites for hydroxylation is 2. The Hall–Kier alpha value is -1.63. The van der Waals surface area contributed by atoms with Crippen molar-refractivity contribution in [3.05, 3.63) is 39.6 Å². The Morgan fingerprint density at radius 3 is 3.15 bits per heavy atom. The van der Waals surface area contributed by atoms with Gasteiger partial charge in [-0.2, -0.15) is 4.39 Å². The average molecular weight is 294 g/mol. The molecule has 1 N–H and O–H groups in total. The second kappa shape index (κ2) is 5.40. The number of nitrogens with zero attached hydrogens (tertiary/aromatic N) is 3. The third-order valence-corrected chi connectivity index (χ3v) is 4.39. The van der Waals surface area contributed by atoms with Crippen LogP contribution in [0.2, 0.25) is 0 Å². The Morgan fingerprint density at radius 1 is 1.50 bits per heavy atom. The molecule has 0 saturated carbocycles. The SMILES string of the molecule is CCn1cnc(F)c1CSc1nc2c(c(=O)[nH]1)CCC2. The third-order valence-electron chi connectivity index (χ3n) is 3.50. The van der Waals surface area contributed by atoms with Gasteiger partial charge >= 0.3 is 0 Å². The van der Waals surface area contributed by atoms with E-state index >= 15 is 0 Å². The molecule has 0 unspecified atom stereocenters. The van der Waals surface area contributed by atoms with Gasteiger partial charge in [0.25, 0.3) is 5.56 Å². The topological polar surface area (TPSA) is 63.6 Å². The number of rotatable bonds is 4. The summed E-state index contributed by atoms with van der Waals surface area (Å²) in [5.41, 5.74) is 2.17. The number of aromatic nitrogens is 4. The summed E-state index contributed by atoms with van der Waals surface area (Å²) in [6.45, 7) is 2.60. The standard InChI is InChI=1S/C13H15FN4OS/c1-2-18-7-15-11(14)10(18)6-20-13-16-9-5-3-4-8(9)12(19)17-13/h7H,2-6H2,1H3,(H,16,17,19). The van der Waals surface area contributed by atoms with Gasteiger partial charge < -0.3 is 9.55 Å². The van der Waals surface area contributed by atoms with Crippen molar-refractivity contribution >= 4 is 11.8 Å². The highest BCUT2D eigenvalue weighted by Crippen LogP contribution is 2.23. The molecule has 3 rings (SSSR count). The van der Waals surface area contributed by atoms with Crippen molar-refractivity contribution < 1.29 is 4.39 Å². The molecule has 2 heterocycles. The van der Waals surface area contributed by atoms with Crippen molar-refractivity contribution in [3.8, 4) is 0 Å². The van der Waals surface area contributed by atoms with Crippen LogP contribution in [-0.4, -0.2) is 19.5 Å². The highest BCUT2D eigenvalue weighted by atomic mass is 32.2. The number of fused-ring (bicyclic) bond motifs is 1. The minimum Gasteiger partial charge on any atom is -0.332 e. The summed E-state index contributed by atoms with van der Waals surface area (Å²) in [7, 11) is 0. The third kappa shape index (κ3) is 2.37. The number of halogens is 1. The summed E-state index contributed by atoms with van der Waals surface area (Å²) in [4.78, 5) is 22.8. The van der Waals surface area contributed by atoms with Crippen molar-refractivity contribution in [2.75, 3.05) is 0 Å². The lowest BCUT2D eigenvalue weighted by Crippen LogP contribution is -2.15. The summed E-state index contributed by atoms with van der Waals surface area (Å²) in [5.74, 6) is -0.0515. The summed E-state index contributed by atoms with van der Waals surface area (Å²) < 4.78 is 15.3. The summed E-state index contributed by atoms with van der Waals surface area (Å²) in [6.07, 6.45) is 4.13. The minimum atomic E-state index is -0.456. The van der Waals surface area contributed by atoms with Gasteiger partial charge in [0.1, 0.15) is 0 Å². The van der Waals surface area contributed by atoms with Crippen LogP contribution >= 0.6 is 11.8 Å². The molecule has 7 heteroatoms. The van der Waals surface area contributed by atoms with Crippen LogP contribution < -0.4 is 5.56 Å². The molecule has 0 bridgehead atoms. The molecule has 2 aromatic heterocycles. The number of nitrogens with one attached hydrogen (secondary N) is 1. The van der Waals surface area contributed by atoms with Crippen molar-refractivity contribution in [2.45, 2.75) is 43.6 Å². The lowest BCUT2D eigenvalue weighted by atomic mass is 10.3. The Kier molecular flexibility index (Phi) is 3.60. The molecule has 0 fully saturated rings. The van der Waals surface area contributed by atoms with E-state index in [1.54, 1.807) is 4.57 Å². The highest BCUT2D eigenvalue weighted by molar-refractivity contribution is 7.98. The van der Waals surface area contributed by atoms with Crippen LogP contribution in [0, 0.1) is 5.95 Å². The van der Waals surface area contributed by atoms with Crippen LogP contribution in [0.4, 0.5) is 4.39 Å². The highest BCUT2D eigenvalue weighted by Gasteiger charge is 2.18. The van der Waals surface area contributed by atoms with Gasteiger partial charge in [0, 0.05) is 17.9 Å². The van der Waals surface area contributed by atoms with Gasteiger partial charge in [-0.15, -0.1) is 0 Å². The Morgan fingerprint density at radius 2 is 2.35 bits per heavy atom. The number of imidazole rings is 1. The van der Waals surface area contributed by atoms with E-state index in [1.165, 1.54) is 18.1 Å². The number of aromatic amines is 1. The molecule has 0 aromatic carbocycles. The first-order valence-electron chi connectivity index (χ1n) is 6.63. The molecule has 2 aromatic rings. The van der Waals surface area contributed by atoms with Gasteiger partial charge in [0.15, 0.2) is 5.16 Å². The second-order valence-electron chi connectivity index (χ2n) is 4.71. The molecule has 106 valence electrons. The van der Waals surface area contributed by atoms with Crippen molar-refractivity contribution in [3.63, 3.8) is 0 Å². The van der Waals surface area contributed by atoms with E-state index in [2.05, 4.69) is 15.0 Å². The van der Waals surface area contributed by atoms with Gasteiger partial charge in [0.05, 0.1) is 17.7 Å². The first-order valence-corrected chi connectivity index (χ1v) is 7.62. The minimum absolute atomic E-state index is 0.0560. The molecule has 0 spiro atoms. The van der Waals surface area contributed by atoms with E-state index < -0.39 is 5.95 Å². The van der Waals surface area contributed by atoms with E-state index in [0.29, 0.717) is 23.1 Å². The smallest absolute Gasteiger partial charge is 0.254 e. The van der Waals surface area contributed by atoms with E-state index in [4.69, 9.17) is 0 Å². The largest absolute Gasteiger partial charge is 0.332 e. The van der Waals surface area contributed by atoms with E-state index in [0.717, 1.165) is 30.5 Å². The normalized spacial score (nSPS) is 13.7. The molecule has 0 amide bonds. The molecule has 5 nitrogen and oxygen atoms in total. The fourth-order valence-electron chi connectivity index (χ4n) is 2.42. The fourth-order valence-corrected chi connectivity index (χ4v) is 3.32. The van der Waals surface area contributed by atoms with Gasteiger partial charge in [-0.05, 0) is 26.2 Å². The fraction of sp³-hybridized carbons (Fsp3) is 0.462. The maximum absolute atomic E-state index is 13.6. The van der Waals surface area contributed by atoms with Crippen molar-refractivity contribution in [2.24, 2.45) is 0 Å². The van der Waals surface area contributed by atoms with Crippen LogP contribution in [0.1, 0.15) is 30.3 Å². The van der Waals surface area contributed by atoms with E-state index in [9.17, 15) is 9.18 Å². The molecule has 20 heavy (non-hydrogen) atoms. The Bertz CT molecular complexity index is 694. The monoisotopic (exact) mass is 294 g/mol. The van der Waals surface area contributed by atoms with Crippen molar-refractivity contribution in [1.29, 1.82) is 0 Å². The van der Waals surface area contributed by atoms with Gasteiger partial charge in [0.2, 0.25) is 5.95 Å². The van der Waals surface area contributed by atoms with E-state index in [1.807, 2.05) is 6.92 Å². The predicted molar refractivity (Wildman–Crippen MR) is 74.3 cm³/mol. The molecule has 0 radical (unpaired) electrons.